The molecule has 3 nitrogen and oxygen atoms in total. The van der Waals surface area contributed by atoms with Crippen LogP contribution in [-0.2, 0) is 0 Å². The molecule has 14 heavy (non-hydrogen) atoms. The summed E-state index contributed by atoms with van der Waals surface area (Å²) in [7, 11) is 1.64. The van der Waals surface area contributed by atoms with E-state index in [4.69, 9.17) is 17.0 Å². The zero-order valence-corrected chi connectivity index (χ0v) is 8.81. The summed E-state index contributed by atoms with van der Waals surface area (Å²) in [6.07, 6.45) is 0. The normalized spacial score (nSPS) is 10.4. The van der Waals surface area contributed by atoms with Gasteiger partial charge in [-0.1, -0.05) is 0 Å². The summed E-state index contributed by atoms with van der Waals surface area (Å²) < 4.78 is 5.62. The van der Waals surface area contributed by atoms with Crippen LogP contribution in [-0.4, -0.2) is 17.1 Å². The predicted molar refractivity (Wildman–Crippen MR) is 58.2 cm³/mol. The minimum Gasteiger partial charge on any atom is -0.497 e. The van der Waals surface area contributed by atoms with E-state index in [1.54, 1.807) is 7.11 Å². The molecule has 1 heterocycles. The molecule has 2 rings (SSSR count). The summed E-state index contributed by atoms with van der Waals surface area (Å²) in [5.74, 6) is 0.796. The Labute approximate surface area is 86.8 Å². The van der Waals surface area contributed by atoms with Crippen LogP contribution in [0, 0.1) is 11.7 Å². The molecule has 0 aliphatic rings. The van der Waals surface area contributed by atoms with Crippen LogP contribution in [0.2, 0.25) is 0 Å². The fraction of sp³-hybridized carbons (Fsp3) is 0.200. The Hall–Kier alpha value is -1.42. The Morgan fingerprint density at radius 3 is 2.93 bits per heavy atom. The van der Waals surface area contributed by atoms with E-state index >= 15 is 0 Å². The van der Waals surface area contributed by atoms with Crippen molar-refractivity contribution >= 4 is 23.1 Å². The molecule has 2 aromatic rings. The first kappa shape index (κ1) is 9.15. The molecule has 0 radical (unpaired) electrons. The van der Waals surface area contributed by atoms with Crippen molar-refractivity contribution in [2.24, 2.45) is 0 Å². The van der Waals surface area contributed by atoms with Gasteiger partial charge in [-0.05, 0) is 31.3 Å². The maximum absolute atomic E-state index is 5.12. The minimum absolute atomic E-state index is 0.503. The van der Waals surface area contributed by atoms with Crippen molar-refractivity contribution in [2.75, 3.05) is 7.11 Å². The highest BCUT2D eigenvalue weighted by Gasteiger charge is 2.00. The van der Waals surface area contributed by atoms with Gasteiger partial charge in [0.05, 0.1) is 12.6 Å². The summed E-state index contributed by atoms with van der Waals surface area (Å²) in [6.45, 7) is 1.98. The number of nitrogens with zero attached hydrogens (tertiary/aromatic N) is 1. The van der Waals surface area contributed by atoms with Crippen LogP contribution in [0.15, 0.2) is 18.2 Å². The van der Waals surface area contributed by atoms with E-state index in [2.05, 4.69) is 9.97 Å². The zero-order valence-electron chi connectivity index (χ0n) is 8.00. The summed E-state index contributed by atoms with van der Waals surface area (Å²) in [5.41, 5.74) is 1.90. The lowest BCUT2D eigenvalue weighted by molar-refractivity contribution is 0.415. The molecule has 4 heteroatoms. The molecule has 72 valence electrons. The summed E-state index contributed by atoms with van der Waals surface area (Å²) >= 11 is 5.00. The summed E-state index contributed by atoms with van der Waals surface area (Å²) in [6, 6.07) is 5.77. The number of rotatable bonds is 1. The van der Waals surface area contributed by atoms with Crippen molar-refractivity contribution in [1.82, 2.24) is 9.97 Å². The number of H-pyrrole nitrogens is 1. The highest BCUT2D eigenvalue weighted by molar-refractivity contribution is 7.71. The highest BCUT2D eigenvalue weighted by atomic mass is 32.1. The summed E-state index contributed by atoms with van der Waals surface area (Å²) in [5, 5.41) is 1.07. The van der Waals surface area contributed by atoms with Gasteiger partial charge in [-0.25, -0.2) is 4.98 Å². The van der Waals surface area contributed by atoms with Crippen LogP contribution >= 0.6 is 12.2 Å². The van der Waals surface area contributed by atoms with Crippen LogP contribution in [0.25, 0.3) is 10.9 Å². The van der Waals surface area contributed by atoms with Gasteiger partial charge in [0, 0.05) is 17.1 Å². The number of aromatic amines is 1. The first-order valence-corrected chi connectivity index (χ1v) is 4.66. The fourth-order valence-corrected chi connectivity index (χ4v) is 1.66. The van der Waals surface area contributed by atoms with Gasteiger partial charge in [-0.15, -0.1) is 0 Å². The van der Waals surface area contributed by atoms with Crippen LogP contribution in [0.1, 0.15) is 5.69 Å². The second kappa shape index (κ2) is 3.38. The van der Waals surface area contributed by atoms with Crippen molar-refractivity contribution < 1.29 is 4.74 Å². The number of methoxy groups -OCH3 is 1. The van der Waals surface area contributed by atoms with Crippen molar-refractivity contribution in [1.29, 1.82) is 0 Å². The number of hydrogen-bond donors (Lipinski definition) is 1. The Morgan fingerprint density at radius 1 is 1.43 bits per heavy atom. The molecular weight excluding hydrogens is 196 g/mol. The van der Waals surface area contributed by atoms with Crippen molar-refractivity contribution in [2.45, 2.75) is 6.92 Å². The molecular formula is C10H10N2OS. The topological polar surface area (TPSA) is 37.9 Å². The van der Waals surface area contributed by atoms with Gasteiger partial charge in [0.25, 0.3) is 0 Å². The molecule has 0 saturated heterocycles. The SMILES string of the molecule is COc1ccc2c(C)[nH]c(=S)nc2c1. The van der Waals surface area contributed by atoms with Gasteiger partial charge in [0.15, 0.2) is 4.77 Å². The van der Waals surface area contributed by atoms with Crippen LogP contribution < -0.4 is 4.74 Å². The van der Waals surface area contributed by atoms with Crippen LogP contribution in [0.5, 0.6) is 5.75 Å². The molecule has 0 bridgehead atoms. The molecule has 0 unspecified atom stereocenters. The first-order valence-electron chi connectivity index (χ1n) is 4.25. The van der Waals surface area contributed by atoms with E-state index in [-0.39, 0.29) is 0 Å². The molecule has 1 aromatic carbocycles. The van der Waals surface area contributed by atoms with E-state index in [1.165, 1.54) is 0 Å². The molecule has 0 amide bonds. The average Bonchev–Trinajstić information content (AvgIpc) is 2.16. The van der Waals surface area contributed by atoms with Crippen molar-refractivity contribution in [3.63, 3.8) is 0 Å². The van der Waals surface area contributed by atoms with Crippen molar-refractivity contribution in [3.8, 4) is 5.75 Å². The maximum Gasteiger partial charge on any atom is 0.197 e. The maximum atomic E-state index is 5.12. The number of aryl methyl sites for hydroxylation is 1. The number of benzene rings is 1. The summed E-state index contributed by atoms with van der Waals surface area (Å²) in [4.78, 5) is 7.24. The van der Waals surface area contributed by atoms with E-state index in [9.17, 15) is 0 Å². The Kier molecular flexibility index (Phi) is 2.21. The average molecular weight is 206 g/mol. The third-order valence-corrected chi connectivity index (χ3v) is 2.32. The van der Waals surface area contributed by atoms with Gasteiger partial charge in [0.1, 0.15) is 5.75 Å². The number of fused-ring (bicyclic) bond motifs is 1. The third kappa shape index (κ3) is 1.48. The number of nitrogens with one attached hydrogen (secondary N) is 1. The number of aromatic nitrogens is 2. The second-order valence-corrected chi connectivity index (χ2v) is 3.44. The van der Waals surface area contributed by atoms with Gasteiger partial charge in [-0.2, -0.15) is 0 Å². The van der Waals surface area contributed by atoms with Gasteiger partial charge in [-0.3, -0.25) is 0 Å². The van der Waals surface area contributed by atoms with Gasteiger partial charge < -0.3 is 9.72 Å². The number of hydrogen-bond acceptors (Lipinski definition) is 3. The minimum atomic E-state index is 0.503. The highest BCUT2D eigenvalue weighted by Crippen LogP contribution is 2.20. The van der Waals surface area contributed by atoms with E-state index in [1.807, 2.05) is 25.1 Å². The Balaban J connectivity index is 2.82. The Morgan fingerprint density at radius 2 is 2.21 bits per heavy atom. The van der Waals surface area contributed by atoms with E-state index in [0.29, 0.717) is 4.77 Å². The second-order valence-electron chi connectivity index (χ2n) is 3.05. The lowest BCUT2D eigenvalue weighted by atomic mass is 10.2. The molecule has 0 spiro atoms. The third-order valence-electron chi connectivity index (χ3n) is 2.13. The molecule has 0 aliphatic carbocycles. The molecule has 1 aromatic heterocycles. The lowest BCUT2D eigenvalue weighted by Gasteiger charge is -2.03. The Bertz CT molecular complexity index is 533. The van der Waals surface area contributed by atoms with E-state index in [0.717, 1.165) is 22.3 Å². The zero-order chi connectivity index (χ0) is 10.1. The molecule has 0 fully saturated rings. The van der Waals surface area contributed by atoms with Crippen molar-refractivity contribution in [3.05, 3.63) is 28.7 Å². The molecule has 0 aliphatic heterocycles. The monoisotopic (exact) mass is 206 g/mol. The lowest BCUT2D eigenvalue weighted by Crippen LogP contribution is -1.90. The van der Waals surface area contributed by atoms with Gasteiger partial charge in [0.2, 0.25) is 0 Å². The van der Waals surface area contributed by atoms with Crippen LogP contribution in [0.4, 0.5) is 0 Å². The number of ether oxygens (including phenoxy) is 1. The van der Waals surface area contributed by atoms with Crippen LogP contribution in [0.3, 0.4) is 0 Å². The molecule has 1 N–H and O–H groups in total. The smallest absolute Gasteiger partial charge is 0.197 e. The largest absolute Gasteiger partial charge is 0.497 e. The fourth-order valence-electron chi connectivity index (χ4n) is 1.41. The molecule has 0 atom stereocenters. The quantitative estimate of drug-likeness (QED) is 0.729. The standard InChI is InChI=1S/C10H10N2OS/c1-6-8-4-3-7(13-2)5-9(8)12-10(14)11-6/h3-5H,1-2H3,(H,11,12,14). The molecule has 0 saturated carbocycles. The van der Waals surface area contributed by atoms with Gasteiger partial charge >= 0.3 is 0 Å². The first-order chi connectivity index (χ1) is 6.70. The van der Waals surface area contributed by atoms with E-state index < -0.39 is 0 Å². The predicted octanol–water partition coefficient (Wildman–Crippen LogP) is 2.61.